The monoisotopic (exact) mass is 265 g/mol. The Morgan fingerprint density at radius 2 is 2.05 bits per heavy atom. The van der Waals surface area contributed by atoms with Gasteiger partial charge in [0.25, 0.3) is 0 Å². The Balaban J connectivity index is 2.29. The molecule has 0 spiro atoms. The predicted octanol–water partition coefficient (Wildman–Crippen LogP) is 1.52. The van der Waals surface area contributed by atoms with Crippen LogP contribution >= 0.6 is 0 Å². The number of aliphatic hydroxyl groups is 1. The second kappa shape index (κ2) is 9.53. The minimum Gasteiger partial charge on any atom is -0.394 e. The molecule has 0 aliphatic carbocycles. The molecule has 0 aliphatic rings. The molecule has 0 fully saturated rings. The number of aliphatic hydroxyl groups excluding tert-OH is 1. The quantitative estimate of drug-likeness (QED) is 0.666. The predicted molar refractivity (Wildman–Crippen MR) is 74.9 cm³/mol. The lowest BCUT2D eigenvalue weighted by atomic mass is 10.1. The largest absolute Gasteiger partial charge is 0.394 e. The molecule has 1 amide bonds. The molecule has 0 aromatic heterocycles. The first-order valence-electron chi connectivity index (χ1n) is 6.78. The third-order valence-corrected chi connectivity index (χ3v) is 2.73. The van der Waals surface area contributed by atoms with Crippen molar-refractivity contribution in [2.24, 2.45) is 0 Å². The summed E-state index contributed by atoms with van der Waals surface area (Å²) in [5.74, 6) is -0.0777. The number of ether oxygens (including phenoxy) is 1. The van der Waals surface area contributed by atoms with Gasteiger partial charge >= 0.3 is 0 Å². The molecule has 0 radical (unpaired) electrons. The zero-order valence-electron chi connectivity index (χ0n) is 11.5. The highest BCUT2D eigenvalue weighted by Crippen LogP contribution is 2.03. The third kappa shape index (κ3) is 6.94. The van der Waals surface area contributed by atoms with Crippen LogP contribution in [0.25, 0.3) is 0 Å². The average molecular weight is 265 g/mol. The number of amides is 1. The Bertz CT molecular complexity index is 354. The summed E-state index contributed by atoms with van der Waals surface area (Å²) in [5, 5.41) is 12.1. The van der Waals surface area contributed by atoms with Crippen molar-refractivity contribution in [1.82, 2.24) is 5.32 Å². The van der Waals surface area contributed by atoms with Crippen LogP contribution < -0.4 is 5.32 Å². The fourth-order valence-electron chi connectivity index (χ4n) is 1.77. The Labute approximate surface area is 114 Å². The molecular weight excluding hydrogens is 242 g/mol. The van der Waals surface area contributed by atoms with Gasteiger partial charge in [-0.3, -0.25) is 4.79 Å². The van der Waals surface area contributed by atoms with Gasteiger partial charge in [-0.2, -0.15) is 0 Å². The van der Waals surface area contributed by atoms with E-state index < -0.39 is 0 Å². The van der Waals surface area contributed by atoms with Crippen molar-refractivity contribution < 1.29 is 14.6 Å². The third-order valence-electron chi connectivity index (χ3n) is 2.73. The summed E-state index contributed by atoms with van der Waals surface area (Å²) in [4.78, 5) is 11.7. The van der Waals surface area contributed by atoms with Crippen LogP contribution in [0.3, 0.4) is 0 Å². The number of hydrogen-bond acceptors (Lipinski definition) is 3. The lowest BCUT2D eigenvalue weighted by Gasteiger charge is -2.16. The van der Waals surface area contributed by atoms with Crippen LogP contribution in [0.1, 0.15) is 25.3 Å². The number of nitrogens with one attached hydrogen (secondary N) is 1. The topological polar surface area (TPSA) is 58.6 Å². The maximum atomic E-state index is 11.7. The molecule has 1 rings (SSSR count). The van der Waals surface area contributed by atoms with E-state index in [1.165, 1.54) is 0 Å². The molecular formula is C15H23NO3. The Hall–Kier alpha value is -1.39. The van der Waals surface area contributed by atoms with Crippen LogP contribution in [0.2, 0.25) is 0 Å². The summed E-state index contributed by atoms with van der Waals surface area (Å²) in [6.07, 6.45) is 1.93. The molecule has 2 N–H and O–H groups in total. The van der Waals surface area contributed by atoms with Crippen molar-refractivity contribution in [3.8, 4) is 0 Å². The zero-order chi connectivity index (χ0) is 13.9. The lowest BCUT2D eigenvalue weighted by molar-refractivity contribution is -0.123. The van der Waals surface area contributed by atoms with E-state index in [1.54, 1.807) is 0 Å². The summed E-state index contributed by atoms with van der Waals surface area (Å²) in [7, 11) is 0. The standard InChI is InChI=1S/C15H23NO3/c1-2-9-19-10-8-15(18)16-14(12-17)11-13-6-4-3-5-7-13/h3-7,14,17H,2,8-12H2,1H3,(H,16,18)/t14-/m0/s1. The van der Waals surface area contributed by atoms with Gasteiger partial charge in [0.05, 0.1) is 19.3 Å². The van der Waals surface area contributed by atoms with E-state index in [0.717, 1.165) is 12.0 Å². The van der Waals surface area contributed by atoms with E-state index in [2.05, 4.69) is 5.32 Å². The molecule has 19 heavy (non-hydrogen) atoms. The van der Waals surface area contributed by atoms with Crippen molar-refractivity contribution >= 4 is 5.91 Å². The van der Waals surface area contributed by atoms with Gasteiger partial charge in [-0.05, 0) is 18.4 Å². The Morgan fingerprint density at radius 3 is 2.68 bits per heavy atom. The molecule has 1 aromatic rings. The first-order valence-corrected chi connectivity index (χ1v) is 6.78. The smallest absolute Gasteiger partial charge is 0.222 e. The van der Waals surface area contributed by atoms with Crippen molar-refractivity contribution in [1.29, 1.82) is 0 Å². The molecule has 0 saturated carbocycles. The SMILES string of the molecule is CCCOCCC(=O)N[C@H](CO)Cc1ccccc1. The van der Waals surface area contributed by atoms with Crippen LogP contribution in [0.4, 0.5) is 0 Å². The number of benzene rings is 1. The molecule has 0 unspecified atom stereocenters. The maximum absolute atomic E-state index is 11.7. The fraction of sp³-hybridized carbons (Fsp3) is 0.533. The van der Waals surface area contributed by atoms with Crippen LogP contribution in [-0.4, -0.2) is 36.9 Å². The van der Waals surface area contributed by atoms with Crippen molar-refractivity contribution in [2.75, 3.05) is 19.8 Å². The van der Waals surface area contributed by atoms with Gasteiger partial charge in [-0.1, -0.05) is 37.3 Å². The van der Waals surface area contributed by atoms with Gasteiger partial charge in [-0.15, -0.1) is 0 Å². The molecule has 0 aliphatic heterocycles. The fourth-order valence-corrected chi connectivity index (χ4v) is 1.77. The van der Waals surface area contributed by atoms with Crippen molar-refractivity contribution in [3.63, 3.8) is 0 Å². The van der Waals surface area contributed by atoms with E-state index in [-0.39, 0.29) is 18.6 Å². The van der Waals surface area contributed by atoms with Crippen LogP contribution in [-0.2, 0) is 16.0 Å². The summed E-state index contributed by atoms with van der Waals surface area (Å²) in [5.41, 5.74) is 1.10. The number of hydrogen-bond donors (Lipinski definition) is 2. The summed E-state index contributed by atoms with van der Waals surface area (Å²) in [6, 6.07) is 9.58. The lowest BCUT2D eigenvalue weighted by Crippen LogP contribution is -2.39. The Kier molecular flexibility index (Phi) is 7.86. The maximum Gasteiger partial charge on any atom is 0.222 e. The minimum absolute atomic E-state index is 0.0591. The number of rotatable bonds is 9. The first kappa shape index (κ1) is 15.7. The molecule has 4 nitrogen and oxygen atoms in total. The summed E-state index contributed by atoms with van der Waals surface area (Å²) < 4.78 is 5.26. The van der Waals surface area contributed by atoms with Crippen LogP contribution in [0.5, 0.6) is 0 Å². The number of carbonyl (C=O) groups is 1. The van der Waals surface area contributed by atoms with E-state index in [1.807, 2.05) is 37.3 Å². The van der Waals surface area contributed by atoms with E-state index in [0.29, 0.717) is 26.1 Å². The van der Waals surface area contributed by atoms with Crippen LogP contribution in [0.15, 0.2) is 30.3 Å². The van der Waals surface area contributed by atoms with E-state index in [9.17, 15) is 9.90 Å². The molecule has 1 atom stereocenters. The second-order valence-electron chi connectivity index (χ2n) is 4.50. The molecule has 106 valence electrons. The van der Waals surface area contributed by atoms with Gasteiger partial charge in [-0.25, -0.2) is 0 Å². The average Bonchev–Trinajstić information content (AvgIpc) is 2.44. The highest BCUT2D eigenvalue weighted by molar-refractivity contribution is 5.76. The van der Waals surface area contributed by atoms with E-state index >= 15 is 0 Å². The van der Waals surface area contributed by atoms with Gasteiger partial charge in [0.1, 0.15) is 0 Å². The van der Waals surface area contributed by atoms with Crippen LogP contribution in [0, 0.1) is 0 Å². The highest BCUT2D eigenvalue weighted by Gasteiger charge is 2.11. The highest BCUT2D eigenvalue weighted by atomic mass is 16.5. The van der Waals surface area contributed by atoms with Gasteiger partial charge < -0.3 is 15.2 Å². The summed E-state index contributed by atoms with van der Waals surface area (Å²) in [6.45, 7) is 3.09. The first-order chi connectivity index (χ1) is 9.26. The molecule has 0 bridgehead atoms. The number of carbonyl (C=O) groups excluding carboxylic acids is 1. The normalized spacial score (nSPS) is 12.1. The van der Waals surface area contributed by atoms with Gasteiger partial charge in [0, 0.05) is 13.0 Å². The van der Waals surface area contributed by atoms with Gasteiger partial charge in [0.15, 0.2) is 0 Å². The van der Waals surface area contributed by atoms with Crippen molar-refractivity contribution in [3.05, 3.63) is 35.9 Å². The van der Waals surface area contributed by atoms with Gasteiger partial charge in [0.2, 0.25) is 5.91 Å². The summed E-state index contributed by atoms with van der Waals surface area (Å²) >= 11 is 0. The Morgan fingerprint density at radius 1 is 1.32 bits per heavy atom. The molecule has 0 heterocycles. The van der Waals surface area contributed by atoms with Crippen molar-refractivity contribution in [2.45, 2.75) is 32.2 Å². The molecule has 0 saturated heterocycles. The zero-order valence-corrected chi connectivity index (χ0v) is 11.5. The van der Waals surface area contributed by atoms with E-state index in [4.69, 9.17) is 4.74 Å². The molecule has 1 aromatic carbocycles. The minimum atomic E-state index is -0.235. The second-order valence-corrected chi connectivity index (χ2v) is 4.50. The molecule has 4 heteroatoms.